The van der Waals surface area contributed by atoms with Gasteiger partial charge >= 0.3 is 0 Å². The molecule has 1 fully saturated rings. The van der Waals surface area contributed by atoms with Crippen LogP contribution >= 0.6 is 0 Å². The minimum Gasteiger partial charge on any atom is -0.384 e. The van der Waals surface area contributed by atoms with Crippen LogP contribution in [0.5, 0.6) is 0 Å². The second-order valence-electron chi connectivity index (χ2n) is 5.92. The molecule has 0 saturated heterocycles. The van der Waals surface area contributed by atoms with E-state index in [9.17, 15) is 8.42 Å². The predicted molar refractivity (Wildman–Crippen MR) is 79.0 cm³/mol. The molecule has 8 heteroatoms. The first-order valence-electron chi connectivity index (χ1n) is 6.52. The first kappa shape index (κ1) is 15.0. The summed E-state index contributed by atoms with van der Waals surface area (Å²) in [7, 11) is -3.25. The summed E-state index contributed by atoms with van der Waals surface area (Å²) in [5, 5.41) is 3.11. The molecule has 0 amide bonds. The maximum absolute atomic E-state index is 11.3. The number of nitrogens with one attached hydrogen (secondary N) is 2. The van der Waals surface area contributed by atoms with Crippen LogP contribution in [0.3, 0.4) is 0 Å². The Balaban J connectivity index is 2.03. The highest BCUT2D eigenvalue weighted by atomic mass is 32.2. The minimum atomic E-state index is -3.25. The van der Waals surface area contributed by atoms with E-state index < -0.39 is 15.6 Å². The molecule has 0 bridgehead atoms. The van der Waals surface area contributed by atoms with Crippen molar-refractivity contribution in [3.8, 4) is 0 Å². The zero-order chi connectivity index (χ0) is 15.0. The molecule has 1 heterocycles. The van der Waals surface area contributed by atoms with E-state index in [-0.39, 0.29) is 0 Å². The van der Waals surface area contributed by atoms with Gasteiger partial charge in [-0.15, -0.1) is 0 Å². The van der Waals surface area contributed by atoms with Crippen molar-refractivity contribution < 1.29 is 8.42 Å². The molecule has 1 aromatic heterocycles. The van der Waals surface area contributed by atoms with Crippen molar-refractivity contribution in [3.05, 3.63) is 11.9 Å². The standard InChI is InChI=1S/C12H21N5O2S/c1-12(2,17-20(3,18)19)7-14-10-6-9(13)15-11(16-10)8-4-5-8/h6,8,17H,4-5,7H2,1-3H3,(H3,13,14,15,16). The fourth-order valence-electron chi connectivity index (χ4n) is 1.95. The number of sulfonamides is 1. The van der Waals surface area contributed by atoms with Gasteiger partial charge in [-0.1, -0.05) is 0 Å². The maximum Gasteiger partial charge on any atom is 0.209 e. The van der Waals surface area contributed by atoms with Crippen molar-refractivity contribution in [3.63, 3.8) is 0 Å². The summed E-state index contributed by atoms with van der Waals surface area (Å²) < 4.78 is 25.1. The van der Waals surface area contributed by atoms with Gasteiger partial charge in [0.15, 0.2) is 0 Å². The highest BCUT2D eigenvalue weighted by molar-refractivity contribution is 7.88. The number of nitrogens with two attached hydrogens (primary N) is 1. The highest BCUT2D eigenvalue weighted by Crippen LogP contribution is 2.38. The summed E-state index contributed by atoms with van der Waals surface area (Å²) in [5.74, 6) is 2.24. The van der Waals surface area contributed by atoms with Crippen LogP contribution in [-0.4, -0.2) is 36.7 Å². The normalized spacial score (nSPS) is 16.1. The van der Waals surface area contributed by atoms with Gasteiger partial charge in [0.05, 0.1) is 6.26 Å². The summed E-state index contributed by atoms with van der Waals surface area (Å²) in [5.41, 5.74) is 5.15. The highest BCUT2D eigenvalue weighted by Gasteiger charge is 2.27. The van der Waals surface area contributed by atoms with Crippen molar-refractivity contribution in [1.82, 2.24) is 14.7 Å². The van der Waals surface area contributed by atoms with Gasteiger partial charge < -0.3 is 11.1 Å². The van der Waals surface area contributed by atoms with Crippen LogP contribution in [-0.2, 0) is 10.0 Å². The van der Waals surface area contributed by atoms with E-state index >= 15 is 0 Å². The van der Waals surface area contributed by atoms with Crippen LogP contribution in [0.15, 0.2) is 6.07 Å². The number of rotatable bonds is 6. The lowest BCUT2D eigenvalue weighted by Gasteiger charge is -2.25. The average molecular weight is 299 g/mol. The van der Waals surface area contributed by atoms with Gasteiger partial charge in [0.2, 0.25) is 10.0 Å². The van der Waals surface area contributed by atoms with Crippen molar-refractivity contribution >= 4 is 21.7 Å². The van der Waals surface area contributed by atoms with Crippen LogP contribution in [0.4, 0.5) is 11.6 Å². The fourth-order valence-corrected chi connectivity index (χ4v) is 3.03. The zero-order valence-corrected chi connectivity index (χ0v) is 12.8. The Morgan fingerprint density at radius 1 is 1.40 bits per heavy atom. The Morgan fingerprint density at radius 2 is 2.05 bits per heavy atom. The summed E-state index contributed by atoms with van der Waals surface area (Å²) in [4.78, 5) is 8.63. The smallest absolute Gasteiger partial charge is 0.209 e. The molecule has 1 aromatic rings. The lowest BCUT2D eigenvalue weighted by atomic mass is 10.1. The lowest BCUT2D eigenvalue weighted by molar-refractivity contribution is 0.476. The molecule has 1 saturated carbocycles. The van der Waals surface area contributed by atoms with Crippen molar-refractivity contribution in [2.75, 3.05) is 23.9 Å². The van der Waals surface area contributed by atoms with E-state index in [2.05, 4.69) is 20.0 Å². The van der Waals surface area contributed by atoms with Gasteiger partial charge in [-0.3, -0.25) is 0 Å². The number of aromatic nitrogens is 2. The minimum absolute atomic E-state index is 0.403. The van der Waals surface area contributed by atoms with Crippen LogP contribution in [0.2, 0.25) is 0 Å². The number of nitrogen functional groups attached to an aromatic ring is 1. The van der Waals surface area contributed by atoms with Gasteiger partial charge in [-0.2, -0.15) is 0 Å². The van der Waals surface area contributed by atoms with E-state index in [0.29, 0.717) is 24.1 Å². The summed E-state index contributed by atoms with van der Waals surface area (Å²) in [6.45, 7) is 4.00. The molecular formula is C12H21N5O2S. The number of hydrogen-bond donors (Lipinski definition) is 3. The summed E-state index contributed by atoms with van der Waals surface area (Å²) >= 11 is 0. The number of hydrogen-bond acceptors (Lipinski definition) is 6. The first-order valence-corrected chi connectivity index (χ1v) is 8.41. The molecule has 7 nitrogen and oxygen atoms in total. The Morgan fingerprint density at radius 3 is 2.60 bits per heavy atom. The molecule has 1 aliphatic rings. The molecule has 0 unspecified atom stereocenters. The molecule has 0 radical (unpaired) electrons. The Kier molecular flexibility index (Phi) is 3.88. The zero-order valence-electron chi connectivity index (χ0n) is 12.0. The van der Waals surface area contributed by atoms with Crippen LogP contribution in [0.25, 0.3) is 0 Å². The quantitative estimate of drug-likeness (QED) is 0.712. The third-order valence-corrected chi connectivity index (χ3v) is 3.80. The SMILES string of the molecule is CC(C)(CNc1cc(N)nc(C2CC2)n1)NS(C)(=O)=O. The van der Waals surface area contributed by atoms with E-state index in [1.165, 1.54) is 0 Å². The van der Waals surface area contributed by atoms with Gasteiger partial charge in [0.25, 0.3) is 0 Å². The van der Waals surface area contributed by atoms with Crippen LogP contribution in [0, 0.1) is 0 Å². The van der Waals surface area contributed by atoms with Crippen molar-refractivity contribution in [1.29, 1.82) is 0 Å². The molecule has 20 heavy (non-hydrogen) atoms. The molecule has 0 aliphatic heterocycles. The fraction of sp³-hybridized carbons (Fsp3) is 0.667. The van der Waals surface area contributed by atoms with Crippen LogP contribution < -0.4 is 15.8 Å². The van der Waals surface area contributed by atoms with Crippen molar-refractivity contribution in [2.24, 2.45) is 0 Å². The van der Waals surface area contributed by atoms with Crippen LogP contribution in [0.1, 0.15) is 38.4 Å². The predicted octanol–water partition coefficient (Wildman–Crippen LogP) is 0.676. The molecule has 0 atom stereocenters. The van der Waals surface area contributed by atoms with Crippen molar-refractivity contribution in [2.45, 2.75) is 38.1 Å². The van der Waals surface area contributed by atoms with E-state index in [4.69, 9.17) is 5.73 Å². The van der Waals surface area contributed by atoms with Gasteiger partial charge in [-0.05, 0) is 26.7 Å². The molecule has 4 N–H and O–H groups in total. The average Bonchev–Trinajstić information content (AvgIpc) is 3.06. The molecular weight excluding hydrogens is 278 g/mol. The second-order valence-corrected chi connectivity index (χ2v) is 7.67. The first-order chi connectivity index (χ1) is 9.15. The molecule has 2 rings (SSSR count). The van der Waals surface area contributed by atoms with E-state index in [0.717, 1.165) is 24.9 Å². The molecule has 0 aromatic carbocycles. The third kappa shape index (κ3) is 4.61. The van der Waals surface area contributed by atoms with Gasteiger partial charge in [0.1, 0.15) is 17.5 Å². The largest absolute Gasteiger partial charge is 0.384 e. The Labute approximate surface area is 119 Å². The Bertz CT molecular complexity index is 596. The summed E-state index contributed by atoms with van der Waals surface area (Å²) in [6.07, 6.45) is 3.34. The lowest BCUT2D eigenvalue weighted by Crippen LogP contribution is -2.47. The van der Waals surface area contributed by atoms with E-state index in [1.807, 2.05) is 0 Å². The number of anilines is 2. The maximum atomic E-state index is 11.3. The second kappa shape index (κ2) is 5.17. The van der Waals surface area contributed by atoms with E-state index in [1.54, 1.807) is 19.9 Å². The monoisotopic (exact) mass is 299 g/mol. The number of nitrogens with zero attached hydrogens (tertiary/aromatic N) is 2. The Hall–Kier alpha value is -1.41. The molecule has 112 valence electrons. The third-order valence-electron chi connectivity index (χ3n) is 2.88. The van der Waals surface area contributed by atoms with Gasteiger partial charge in [-0.25, -0.2) is 23.1 Å². The molecule has 0 spiro atoms. The van der Waals surface area contributed by atoms with Gasteiger partial charge in [0, 0.05) is 24.1 Å². The summed E-state index contributed by atoms with van der Waals surface area (Å²) in [6, 6.07) is 1.66. The molecule has 1 aliphatic carbocycles. The topological polar surface area (TPSA) is 110 Å².